The number of nitrogens with zero attached hydrogens (tertiary/aromatic N) is 7. The predicted octanol–water partition coefficient (Wildman–Crippen LogP) is 4.56. The maximum atomic E-state index is 13.9. The highest BCUT2D eigenvalue weighted by molar-refractivity contribution is 5.95. The molecule has 0 aliphatic heterocycles. The van der Waals surface area contributed by atoms with Gasteiger partial charge in [0.1, 0.15) is 5.69 Å². The summed E-state index contributed by atoms with van der Waals surface area (Å²) in [6.45, 7) is 1.97. The van der Waals surface area contributed by atoms with Gasteiger partial charge in [0.15, 0.2) is 11.5 Å². The maximum Gasteiger partial charge on any atom is 0.418 e. The van der Waals surface area contributed by atoms with E-state index in [9.17, 15) is 18.0 Å². The van der Waals surface area contributed by atoms with Crippen LogP contribution in [-0.2, 0) is 12.6 Å². The first-order valence-electron chi connectivity index (χ1n) is 11.4. The fourth-order valence-corrected chi connectivity index (χ4v) is 4.13. The summed E-state index contributed by atoms with van der Waals surface area (Å²) in [6, 6.07) is 8.76. The molecule has 182 valence electrons. The summed E-state index contributed by atoms with van der Waals surface area (Å²) in [6.07, 6.45) is 1.30. The fourth-order valence-electron chi connectivity index (χ4n) is 4.13. The van der Waals surface area contributed by atoms with Crippen molar-refractivity contribution in [2.24, 2.45) is 0 Å². The number of aryl methyl sites for hydroxylation is 1. The number of anilines is 2. The van der Waals surface area contributed by atoms with E-state index in [1.165, 1.54) is 28.9 Å². The first-order chi connectivity index (χ1) is 17.3. The Labute approximate surface area is 201 Å². The number of benzene rings is 1. The molecular weight excluding hydrogens is 473 g/mol. The van der Waals surface area contributed by atoms with Crippen LogP contribution >= 0.6 is 0 Å². The number of fused-ring (bicyclic) bond motifs is 3. The third kappa shape index (κ3) is 3.74. The summed E-state index contributed by atoms with van der Waals surface area (Å²) >= 11 is 0. The first kappa shape index (κ1) is 22.1. The Balaban J connectivity index is 1.62. The third-order valence-electron chi connectivity index (χ3n) is 6.04. The lowest BCUT2D eigenvalue weighted by Gasteiger charge is -2.12. The highest BCUT2D eigenvalue weighted by atomic mass is 19.4. The van der Waals surface area contributed by atoms with Gasteiger partial charge in [0.25, 0.3) is 5.56 Å². The van der Waals surface area contributed by atoms with E-state index in [4.69, 9.17) is 0 Å². The SMILES string of the molecule is CCc1nn(C2CC2)cc1-c1nc2c3cccc(C(F)(F)F)c3nc(Nc3ccccnc3=O)n2n1. The second-order valence-electron chi connectivity index (χ2n) is 8.53. The van der Waals surface area contributed by atoms with E-state index in [2.05, 4.69) is 30.5 Å². The molecule has 0 amide bonds. The fraction of sp³-hybridized carbons (Fsp3) is 0.250. The van der Waals surface area contributed by atoms with Gasteiger partial charge in [-0.25, -0.2) is 15.0 Å². The summed E-state index contributed by atoms with van der Waals surface area (Å²) < 4.78 is 44.8. The molecule has 1 fully saturated rings. The first-order valence-corrected chi connectivity index (χ1v) is 11.4. The van der Waals surface area contributed by atoms with Crippen LogP contribution < -0.4 is 10.9 Å². The number of hydrogen-bond donors (Lipinski definition) is 1. The Morgan fingerprint density at radius 2 is 1.92 bits per heavy atom. The second-order valence-corrected chi connectivity index (χ2v) is 8.53. The van der Waals surface area contributed by atoms with Crippen LogP contribution in [-0.4, -0.2) is 34.3 Å². The molecule has 6 rings (SSSR count). The molecule has 1 aromatic carbocycles. The zero-order chi connectivity index (χ0) is 25.0. The van der Waals surface area contributed by atoms with E-state index < -0.39 is 17.3 Å². The van der Waals surface area contributed by atoms with Gasteiger partial charge in [-0.15, -0.1) is 5.10 Å². The minimum Gasteiger partial charge on any atom is -0.319 e. The molecule has 0 atom stereocenters. The normalized spacial score (nSPS) is 14.0. The molecule has 0 radical (unpaired) electrons. The molecule has 9 nitrogen and oxygen atoms in total. The molecule has 0 spiro atoms. The molecule has 1 aliphatic rings. The Morgan fingerprint density at radius 3 is 2.67 bits per heavy atom. The Kier molecular flexibility index (Phi) is 4.99. The average Bonchev–Trinajstić information content (AvgIpc) is 3.50. The molecule has 1 saturated carbocycles. The van der Waals surface area contributed by atoms with Crippen molar-refractivity contribution in [3.05, 3.63) is 70.4 Å². The van der Waals surface area contributed by atoms with Crippen molar-refractivity contribution in [3.63, 3.8) is 0 Å². The molecule has 36 heavy (non-hydrogen) atoms. The van der Waals surface area contributed by atoms with Crippen LogP contribution in [0.5, 0.6) is 0 Å². The van der Waals surface area contributed by atoms with Crippen molar-refractivity contribution in [2.75, 3.05) is 5.32 Å². The van der Waals surface area contributed by atoms with Crippen LogP contribution in [0.1, 0.15) is 37.1 Å². The maximum absolute atomic E-state index is 13.9. The lowest BCUT2D eigenvalue weighted by molar-refractivity contribution is -0.136. The number of hydrogen-bond acceptors (Lipinski definition) is 7. The van der Waals surface area contributed by atoms with Gasteiger partial charge in [-0.3, -0.25) is 9.48 Å². The second kappa shape index (κ2) is 8.11. The molecule has 1 aliphatic carbocycles. The van der Waals surface area contributed by atoms with Gasteiger partial charge < -0.3 is 5.32 Å². The summed E-state index contributed by atoms with van der Waals surface area (Å²) in [7, 11) is 0. The van der Waals surface area contributed by atoms with E-state index in [1.54, 1.807) is 12.1 Å². The Bertz CT molecular complexity index is 1690. The number of nitrogens with one attached hydrogen (secondary N) is 1. The lowest BCUT2D eigenvalue weighted by atomic mass is 10.1. The smallest absolute Gasteiger partial charge is 0.319 e. The minimum absolute atomic E-state index is 0.0329. The third-order valence-corrected chi connectivity index (χ3v) is 6.04. The standard InChI is InChI=1S/C24H19F3N8O/c1-2-17-15(12-34(32-17)13-9-10-13)20-31-21-14-6-5-7-16(24(25,26)27)19(14)30-23(35(21)33-20)29-18-8-3-4-11-28-22(18)36/h3-8,11-13H,2,9-10H2,1H3,(H,28,29,30,36). The van der Waals surface area contributed by atoms with Gasteiger partial charge in [-0.2, -0.15) is 22.8 Å². The zero-order valence-corrected chi connectivity index (χ0v) is 19.0. The van der Waals surface area contributed by atoms with E-state index in [0.29, 0.717) is 23.9 Å². The number of para-hydroxylation sites is 1. The molecule has 1 N–H and O–H groups in total. The summed E-state index contributed by atoms with van der Waals surface area (Å²) in [4.78, 5) is 25.0. The molecule has 0 saturated heterocycles. The van der Waals surface area contributed by atoms with Crippen LogP contribution in [0.4, 0.5) is 24.8 Å². The Hall–Kier alpha value is -4.35. The van der Waals surface area contributed by atoms with Gasteiger partial charge in [0.05, 0.1) is 28.4 Å². The minimum atomic E-state index is -4.64. The zero-order valence-electron chi connectivity index (χ0n) is 19.0. The molecule has 0 bridgehead atoms. The van der Waals surface area contributed by atoms with Crippen molar-refractivity contribution in [1.29, 1.82) is 0 Å². The number of alkyl halides is 3. The molecule has 12 heteroatoms. The van der Waals surface area contributed by atoms with Gasteiger partial charge in [-0.05, 0) is 43.5 Å². The summed E-state index contributed by atoms with van der Waals surface area (Å²) in [5.74, 6) is 0.221. The van der Waals surface area contributed by atoms with Gasteiger partial charge >= 0.3 is 6.18 Å². The average molecular weight is 492 g/mol. The van der Waals surface area contributed by atoms with E-state index in [0.717, 1.165) is 24.6 Å². The monoisotopic (exact) mass is 492 g/mol. The van der Waals surface area contributed by atoms with Crippen molar-refractivity contribution in [3.8, 4) is 11.4 Å². The molecule has 5 aromatic rings. The topological polar surface area (TPSA) is 103 Å². The number of halogens is 3. The predicted molar refractivity (Wildman–Crippen MR) is 126 cm³/mol. The molecular formula is C24H19F3N8O. The Morgan fingerprint density at radius 1 is 1.08 bits per heavy atom. The molecule has 4 aromatic heterocycles. The quantitative estimate of drug-likeness (QED) is 0.384. The van der Waals surface area contributed by atoms with Gasteiger partial charge in [-0.1, -0.05) is 19.1 Å². The highest BCUT2D eigenvalue weighted by Crippen LogP contribution is 2.38. The largest absolute Gasteiger partial charge is 0.418 e. The molecule has 4 heterocycles. The molecule has 0 unspecified atom stereocenters. The number of rotatable bonds is 5. The van der Waals surface area contributed by atoms with E-state index >= 15 is 0 Å². The summed E-state index contributed by atoms with van der Waals surface area (Å²) in [5.41, 5.74) is -0.110. The van der Waals surface area contributed by atoms with Crippen molar-refractivity contribution in [2.45, 2.75) is 38.4 Å². The van der Waals surface area contributed by atoms with Crippen LogP contribution in [0.15, 0.2) is 53.6 Å². The van der Waals surface area contributed by atoms with Crippen LogP contribution in [0, 0.1) is 0 Å². The van der Waals surface area contributed by atoms with Crippen LogP contribution in [0.2, 0.25) is 0 Å². The van der Waals surface area contributed by atoms with E-state index in [1.807, 2.05) is 17.8 Å². The van der Waals surface area contributed by atoms with Crippen LogP contribution in [0.3, 0.4) is 0 Å². The highest BCUT2D eigenvalue weighted by Gasteiger charge is 2.34. The van der Waals surface area contributed by atoms with Crippen molar-refractivity contribution < 1.29 is 13.2 Å². The van der Waals surface area contributed by atoms with Crippen LogP contribution in [0.25, 0.3) is 27.9 Å². The van der Waals surface area contributed by atoms with Gasteiger partial charge in [0.2, 0.25) is 5.95 Å². The lowest BCUT2D eigenvalue weighted by Crippen LogP contribution is -2.13. The number of aromatic nitrogens is 7. The van der Waals surface area contributed by atoms with Crippen molar-refractivity contribution in [1.82, 2.24) is 34.3 Å². The van der Waals surface area contributed by atoms with E-state index in [-0.39, 0.29) is 28.2 Å². The summed E-state index contributed by atoms with van der Waals surface area (Å²) in [5, 5.41) is 12.2. The van der Waals surface area contributed by atoms with Gasteiger partial charge in [0, 0.05) is 17.8 Å². The van der Waals surface area contributed by atoms with Crippen molar-refractivity contribution >= 4 is 28.2 Å².